The lowest BCUT2D eigenvalue weighted by Gasteiger charge is -2.08. The molecule has 6 nitrogen and oxygen atoms in total. The number of pyridine rings is 1. The molecule has 3 aromatic rings. The van der Waals surface area contributed by atoms with Crippen LogP contribution in [0.5, 0.6) is 0 Å². The SMILES string of the molecule is CCc1ccc(S(=O)(=O)NCc2nnc3c(C(F)(F)F)cccn23)s1. The summed E-state index contributed by atoms with van der Waals surface area (Å²) in [6.07, 6.45) is -2.50. The highest BCUT2D eigenvalue weighted by molar-refractivity contribution is 7.91. The summed E-state index contributed by atoms with van der Waals surface area (Å²) >= 11 is 1.14. The van der Waals surface area contributed by atoms with E-state index in [0.29, 0.717) is 0 Å². The summed E-state index contributed by atoms with van der Waals surface area (Å²) in [7, 11) is -3.77. The Hall–Kier alpha value is -1.98. The van der Waals surface area contributed by atoms with Crippen molar-refractivity contribution < 1.29 is 21.6 Å². The predicted octanol–water partition coefficient (Wildman–Crippen LogP) is 2.85. The van der Waals surface area contributed by atoms with Crippen molar-refractivity contribution in [2.75, 3.05) is 0 Å². The molecule has 11 heteroatoms. The van der Waals surface area contributed by atoms with Gasteiger partial charge in [-0.1, -0.05) is 6.92 Å². The van der Waals surface area contributed by atoms with Crippen molar-refractivity contribution in [2.45, 2.75) is 30.3 Å². The van der Waals surface area contributed by atoms with E-state index in [9.17, 15) is 21.6 Å². The van der Waals surface area contributed by atoms with Crippen LogP contribution in [0.2, 0.25) is 0 Å². The first-order valence-electron chi connectivity index (χ1n) is 7.20. The topological polar surface area (TPSA) is 76.4 Å². The molecule has 3 aromatic heterocycles. The Bertz CT molecular complexity index is 1010. The van der Waals surface area contributed by atoms with Gasteiger partial charge in [-0.05, 0) is 30.7 Å². The monoisotopic (exact) mass is 390 g/mol. The number of fused-ring (bicyclic) bond motifs is 1. The summed E-state index contributed by atoms with van der Waals surface area (Å²) in [6.45, 7) is 1.64. The second-order valence-electron chi connectivity index (χ2n) is 5.13. The van der Waals surface area contributed by atoms with Crippen LogP contribution in [-0.2, 0) is 29.2 Å². The maximum Gasteiger partial charge on any atom is 0.420 e. The number of halogens is 3. The van der Waals surface area contributed by atoms with Gasteiger partial charge in [0.05, 0.1) is 6.54 Å². The van der Waals surface area contributed by atoms with Gasteiger partial charge in [-0.3, -0.25) is 4.40 Å². The molecule has 0 aliphatic carbocycles. The number of alkyl halides is 3. The molecule has 0 aromatic carbocycles. The summed E-state index contributed by atoms with van der Waals surface area (Å²) in [5, 5.41) is 7.21. The highest BCUT2D eigenvalue weighted by Gasteiger charge is 2.34. The maximum absolute atomic E-state index is 13.0. The first kappa shape index (κ1) is 17.8. The molecule has 0 saturated carbocycles. The quantitative estimate of drug-likeness (QED) is 0.727. The third-order valence-electron chi connectivity index (χ3n) is 3.48. The molecular weight excluding hydrogens is 377 g/mol. The summed E-state index contributed by atoms with van der Waals surface area (Å²) < 4.78 is 67.1. The van der Waals surface area contributed by atoms with Gasteiger partial charge in [-0.15, -0.1) is 21.5 Å². The van der Waals surface area contributed by atoms with E-state index >= 15 is 0 Å². The minimum absolute atomic E-state index is 0.0666. The fourth-order valence-corrected chi connectivity index (χ4v) is 4.55. The van der Waals surface area contributed by atoms with Gasteiger partial charge in [0.1, 0.15) is 9.77 Å². The zero-order valence-electron chi connectivity index (χ0n) is 12.9. The smallest absolute Gasteiger partial charge is 0.285 e. The van der Waals surface area contributed by atoms with E-state index in [0.717, 1.165) is 33.1 Å². The fourth-order valence-electron chi connectivity index (χ4n) is 2.23. The zero-order chi connectivity index (χ0) is 18.2. The van der Waals surface area contributed by atoms with Gasteiger partial charge >= 0.3 is 6.18 Å². The number of thiophene rings is 1. The largest absolute Gasteiger partial charge is 0.420 e. The molecule has 0 atom stereocenters. The van der Waals surface area contributed by atoms with E-state index in [1.807, 2.05) is 6.92 Å². The summed E-state index contributed by atoms with van der Waals surface area (Å²) in [4.78, 5) is 0.920. The van der Waals surface area contributed by atoms with Crippen molar-refractivity contribution in [2.24, 2.45) is 0 Å². The maximum atomic E-state index is 13.0. The van der Waals surface area contributed by atoms with Crippen LogP contribution in [-0.4, -0.2) is 23.0 Å². The third kappa shape index (κ3) is 3.53. The molecule has 0 spiro atoms. The van der Waals surface area contributed by atoms with Crippen LogP contribution >= 0.6 is 11.3 Å². The van der Waals surface area contributed by atoms with Crippen molar-refractivity contribution in [1.82, 2.24) is 19.3 Å². The Morgan fingerprint density at radius 1 is 1.24 bits per heavy atom. The molecule has 0 aliphatic rings. The molecule has 25 heavy (non-hydrogen) atoms. The molecule has 0 aliphatic heterocycles. The van der Waals surface area contributed by atoms with Gasteiger partial charge in [0, 0.05) is 11.1 Å². The van der Waals surface area contributed by atoms with Crippen LogP contribution in [0.4, 0.5) is 13.2 Å². The number of hydrogen-bond donors (Lipinski definition) is 1. The molecule has 3 heterocycles. The number of aromatic nitrogens is 3. The van der Waals surface area contributed by atoms with Crippen LogP contribution in [0.3, 0.4) is 0 Å². The standard InChI is InChI=1S/C14H13F3N4O2S2/c1-2-9-5-6-12(24-9)25(22,23)18-8-11-19-20-13-10(14(15,16)17)4-3-7-21(11)13/h3-7,18H,2,8H2,1H3. The second kappa shape index (κ2) is 6.39. The number of nitrogens with zero attached hydrogens (tertiary/aromatic N) is 3. The number of sulfonamides is 1. The molecule has 0 amide bonds. The van der Waals surface area contributed by atoms with Gasteiger partial charge in [0.2, 0.25) is 10.0 Å². The molecule has 0 saturated heterocycles. The summed E-state index contributed by atoms with van der Waals surface area (Å²) in [6, 6.07) is 5.33. The van der Waals surface area contributed by atoms with Crippen LogP contribution in [0.1, 0.15) is 23.2 Å². The summed E-state index contributed by atoms with van der Waals surface area (Å²) in [5.41, 5.74) is -1.30. The minimum atomic E-state index is -4.57. The van der Waals surface area contributed by atoms with Gasteiger partial charge in [0.25, 0.3) is 0 Å². The number of hydrogen-bond acceptors (Lipinski definition) is 5. The van der Waals surface area contributed by atoms with Crippen molar-refractivity contribution >= 4 is 27.0 Å². The molecule has 0 unspecified atom stereocenters. The van der Waals surface area contributed by atoms with E-state index in [1.165, 1.54) is 18.3 Å². The van der Waals surface area contributed by atoms with Crippen LogP contribution < -0.4 is 4.72 Å². The van der Waals surface area contributed by atoms with Crippen molar-refractivity contribution in [3.8, 4) is 0 Å². The summed E-state index contributed by atoms with van der Waals surface area (Å²) in [5.74, 6) is 0.0666. The van der Waals surface area contributed by atoms with Gasteiger partial charge in [-0.2, -0.15) is 13.2 Å². The van der Waals surface area contributed by atoms with Gasteiger partial charge < -0.3 is 0 Å². The average Bonchev–Trinajstić information content (AvgIpc) is 3.19. The first-order valence-corrected chi connectivity index (χ1v) is 9.50. The molecule has 3 rings (SSSR count). The Kier molecular flexibility index (Phi) is 4.56. The van der Waals surface area contributed by atoms with Gasteiger partial charge in [0.15, 0.2) is 11.5 Å². The highest BCUT2D eigenvalue weighted by Crippen LogP contribution is 2.31. The molecular formula is C14H13F3N4O2S2. The molecule has 0 fully saturated rings. The zero-order valence-corrected chi connectivity index (χ0v) is 14.5. The Morgan fingerprint density at radius 2 is 2.00 bits per heavy atom. The molecule has 0 radical (unpaired) electrons. The van der Waals surface area contributed by atoms with Crippen LogP contribution in [0.15, 0.2) is 34.7 Å². The predicted molar refractivity (Wildman–Crippen MR) is 85.7 cm³/mol. The van der Waals surface area contributed by atoms with Crippen LogP contribution in [0.25, 0.3) is 5.65 Å². The van der Waals surface area contributed by atoms with E-state index in [4.69, 9.17) is 0 Å². The van der Waals surface area contributed by atoms with E-state index < -0.39 is 21.8 Å². The van der Waals surface area contributed by atoms with Crippen molar-refractivity contribution in [3.05, 3.63) is 46.7 Å². The van der Waals surface area contributed by atoms with E-state index in [1.54, 1.807) is 6.07 Å². The van der Waals surface area contributed by atoms with Gasteiger partial charge in [-0.25, -0.2) is 13.1 Å². The number of aryl methyl sites for hydroxylation is 1. The minimum Gasteiger partial charge on any atom is -0.285 e. The van der Waals surface area contributed by atoms with E-state index in [2.05, 4.69) is 14.9 Å². The number of nitrogens with one attached hydrogen (secondary N) is 1. The first-order chi connectivity index (χ1) is 11.7. The normalized spacial score (nSPS) is 12.8. The number of rotatable bonds is 5. The second-order valence-corrected chi connectivity index (χ2v) is 8.29. The Morgan fingerprint density at radius 3 is 2.64 bits per heavy atom. The fraction of sp³-hybridized carbons (Fsp3) is 0.286. The lowest BCUT2D eigenvalue weighted by atomic mass is 10.2. The van der Waals surface area contributed by atoms with Crippen molar-refractivity contribution in [1.29, 1.82) is 0 Å². The lowest BCUT2D eigenvalue weighted by Crippen LogP contribution is -2.23. The molecule has 0 bridgehead atoms. The Labute approximate surface area is 145 Å². The average molecular weight is 390 g/mol. The molecule has 134 valence electrons. The van der Waals surface area contributed by atoms with Crippen LogP contribution in [0, 0.1) is 0 Å². The Balaban J connectivity index is 1.87. The molecule has 1 N–H and O–H groups in total. The lowest BCUT2D eigenvalue weighted by molar-refractivity contribution is -0.136. The third-order valence-corrected chi connectivity index (χ3v) is 6.60. The van der Waals surface area contributed by atoms with Crippen molar-refractivity contribution in [3.63, 3.8) is 0 Å². The van der Waals surface area contributed by atoms with E-state index in [-0.39, 0.29) is 22.2 Å². The highest BCUT2D eigenvalue weighted by atomic mass is 32.2.